The van der Waals surface area contributed by atoms with E-state index in [1.807, 2.05) is 101 Å². The van der Waals surface area contributed by atoms with Gasteiger partial charge in [-0.15, -0.1) is 0 Å². The van der Waals surface area contributed by atoms with Crippen LogP contribution in [0.4, 0.5) is 11.4 Å². The monoisotopic (exact) mass is 555 g/mol. The number of amides is 3. The first-order valence-electron chi connectivity index (χ1n) is 14.4. The molecule has 0 aliphatic carbocycles. The van der Waals surface area contributed by atoms with Crippen molar-refractivity contribution in [3.8, 4) is 0 Å². The fraction of sp³-hybridized carbons (Fsp3) is 0.424. The van der Waals surface area contributed by atoms with E-state index in [9.17, 15) is 19.5 Å². The van der Waals surface area contributed by atoms with E-state index in [2.05, 4.69) is 0 Å². The lowest BCUT2D eigenvalue weighted by molar-refractivity contribution is -0.145. The van der Waals surface area contributed by atoms with Crippen molar-refractivity contribution < 1.29 is 24.2 Å². The molecule has 0 bridgehead atoms. The van der Waals surface area contributed by atoms with Crippen LogP contribution in [-0.4, -0.2) is 71.2 Å². The van der Waals surface area contributed by atoms with Gasteiger partial charge in [-0.2, -0.15) is 0 Å². The molecular weight excluding hydrogens is 518 g/mol. The molecule has 0 radical (unpaired) electrons. The number of carbonyl (C=O) groups is 3. The number of aliphatic hydroxyl groups is 1. The summed E-state index contributed by atoms with van der Waals surface area (Å²) in [4.78, 5) is 48.5. The summed E-state index contributed by atoms with van der Waals surface area (Å²) in [7, 11) is 0. The van der Waals surface area contributed by atoms with E-state index in [0.717, 1.165) is 22.5 Å². The Morgan fingerprint density at radius 2 is 1.68 bits per heavy atom. The molecule has 41 heavy (non-hydrogen) atoms. The maximum Gasteiger partial charge on any atom is 0.253 e. The van der Waals surface area contributed by atoms with Crippen LogP contribution in [0.2, 0.25) is 0 Å². The van der Waals surface area contributed by atoms with E-state index in [1.165, 1.54) is 4.90 Å². The molecule has 2 aromatic carbocycles. The van der Waals surface area contributed by atoms with Gasteiger partial charge in [-0.3, -0.25) is 14.4 Å². The Bertz CT molecular complexity index is 1440. The molecule has 6 rings (SSSR count). The molecule has 4 aliphatic rings. The van der Waals surface area contributed by atoms with Crippen LogP contribution in [0.3, 0.4) is 0 Å². The normalized spacial score (nSPS) is 29.9. The Labute approximate surface area is 240 Å². The highest BCUT2D eigenvalue weighted by molar-refractivity contribution is 6.07. The van der Waals surface area contributed by atoms with Gasteiger partial charge in [0.1, 0.15) is 11.6 Å². The van der Waals surface area contributed by atoms with Gasteiger partial charge in [-0.1, -0.05) is 68.5 Å². The molecule has 1 spiro atoms. The highest BCUT2D eigenvalue weighted by atomic mass is 16.5. The van der Waals surface area contributed by atoms with Crippen LogP contribution >= 0.6 is 0 Å². The van der Waals surface area contributed by atoms with Gasteiger partial charge in [0.15, 0.2) is 0 Å². The van der Waals surface area contributed by atoms with Gasteiger partial charge < -0.3 is 24.5 Å². The zero-order valence-electron chi connectivity index (χ0n) is 23.9. The van der Waals surface area contributed by atoms with Gasteiger partial charge in [0, 0.05) is 24.5 Å². The Balaban J connectivity index is 1.49. The number of likely N-dealkylation sites (tertiary alicyclic amines) is 1. The minimum absolute atomic E-state index is 0.129. The molecule has 0 saturated carbocycles. The lowest BCUT2D eigenvalue weighted by Crippen LogP contribution is -2.59. The number of ether oxygens (including phenoxy) is 1. The summed E-state index contributed by atoms with van der Waals surface area (Å²) in [5.41, 5.74) is 2.13. The van der Waals surface area contributed by atoms with Crippen LogP contribution in [0, 0.1) is 31.6 Å². The van der Waals surface area contributed by atoms with Crippen LogP contribution in [0.25, 0.3) is 0 Å². The van der Waals surface area contributed by atoms with E-state index in [-0.39, 0.29) is 30.2 Å². The zero-order valence-corrected chi connectivity index (χ0v) is 23.9. The van der Waals surface area contributed by atoms with E-state index in [4.69, 9.17) is 4.74 Å². The molecule has 1 unspecified atom stereocenters. The lowest BCUT2D eigenvalue weighted by atomic mass is 9.77. The molecule has 4 heterocycles. The molecule has 1 N–H and O–H groups in total. The van der Waals surface area contributed by atoms with E-state index >= 15 is 0 Å². The van der Waals surface area contributed by atoms with E-state index in [0.29, 0.717) is 13.1 Å². The standard InChI is InChI=1S/C33H37N3O5/c1-20(2)25(19-37)36-29-32(40)35(24-18-21(3)13-14-22(24)4)17-9-15-33(29)28(31(36)39)27-26(41-33)12-8-16-34(30(27)38)23-10-6-5-7-11-23/h5-15,18,20,25-29,37H,16-17,19H2,1-4H3/t25-,26-,27+,28-,29?,33-/m0/s1. The largest absolute Gasteiger partial charge is 0.394 e. The zero-order chi connectivity index (χ0) is 29.1. The SMILES string of the molecule is Cc1ccc(C)c(N2CC=C[C@]34O[C@H]5C=CCN(c6ccccc6)C(=O)[C@H]5[C@H]3C(=O)N([C@@H](CO)C(C)C)C4C2=O)c1. The first-order valence-corrected chi connectivity index (χ1v) is 14.4. The van der Waals surface area contributed by atoms with Crippen LogP contribution in [0.5, 0.6) is 0 Å². The van der Waals surface area contributed by atoms with Crippen LogP contribution in [-0.2, 0) is 19.1 Å². The second-order valence-electron chi connectivity index (χ2n) is 11.9. The van der Waals surface area contributed by atoms with Crippen molar-refractivity contribution in [2.45, 2.75) is 51.5 Å². The summed E-state index contributed by atoms with van der Waals surface area (Å²) < 4.78 is 6.77. The summed E-state index contributed by atoms with van der Waals surface area (Å²) in [5.74, 6) is -2.66. The topological polar surface area (TPSA) is 90.4 Å². The van der Waals surface area contributed by atoms with Crippen LogP contribution in [0.15, 0.2) is 72.8 Å². The van der Waals surface area contributed by atoms with Crippen molar-refractivity contribution in [1.82, 2.24) is 4.90 Å². The molecule has 8 heteroatoms. The Kier molecular flexibility index (Phi) is 6.86. The molecule has 6 atom stereocenters. The first kappa shape index (κ1) is 27.4. The highest BCUT2D eigenvalue weighted by Crippen LogP contribution is 2.54. The third kappa shape index (κ3) is 4.15. The summed E-state index contributed by atoms with van der Waals surface area (Å²) in [5, 5.41) is 10.5. The third-order valence-electron chi connectivity index (χ3n) is 9.13. The average molecular weight is 556 g/mol. The molecule has 8 nitrogen and oxygen atoms in total. The number of rotatable bonds is 5. The highest BCUT2D eigenvalue weighted by Gasteiger charge is 2.72. The molecule has 0 aromatic heterocycles. The van der Waals surface area contributed by atoms with Gasteiger partial charge in [-0.05, 0) is 49.1 Å². The lowest BCUT2D eigenvalue weighted by Gasteiger charge is -2.40. The first-order chi connectivity index (χ1) is 19.7. The van der Waals surface area contributed by atoms with E-state index < -0.39 is 35.6 Å². The molecule has 2 fully saturated rings. The number of para-hydroxylation sites is 1. The smallest absolute Gasteiger partial charge is 0.253 e. The number of fused-ring (bicyclic) bond motifs is 2. The number of nitrogens with zero attached hydrogens (tertiary/aromatic N) is 3. The Morgan fingerprint density at radius 1 is 0.951 bits per heavy atom. The van der Waals surface area contributed by atoms with Crippen LogP contribution < -0.4 is 9.80 Å². The number of carbonyl (C=O) groups excluding carboxylic acids is 3. The van der Waals surface area contributed by atoms with Gasteiger partial charge in [0.05, 0.1) is 30.6 Å². The Morgan fingerprint density at radius 3 is 2.39 bits per heavy atom. The van der Waals surface area contributed by atoms with Crippen molar-refractivity contribution in [3.63, 3.8) is 0 Å². The van der Waals surface area contributed by atoms with Crippen molar-refractivity contribution >= 4 is 29.1 Å². The average Bonchev–Trinajstić information content (AvgIpc) is 3.26. The number of aryl methyl sites for hydroxylation is 2. The van der Waals surface area contributed by atoms with E-state index in [1.54, 1.807) is 9.80 Å². The second-order valence-corrected chi connectivity index (χ2v) is 11.9. The number of anilines is 2. The maximum absolute atomic E-state index is 14.7. The van der Waals surface area contributed by atoms with Gasteiger partial charge in [0.2, 0.25) is 11.8 Å². The second kappa shape index (κ2) is 10.3. The number of aliphatic hydroxyl groups excluding tert-OH is 1. The van der Waals surface area contributed by atoms with Crippen LogP contribution in [0.1, 0.15) is 25.0 Å². The van der Waals surface area contributed by atoms with Gasteiger partial charge in [-0.25, -0.2) is 0 Å². The Hall–Kier alpha value is -3.75. The molecular formula is C33H37N3O5. The molecule has 214 valence electrons. The molecule has 2 saturated heterocycles. The molecule has 3 amide bonds. The van der Waals surface area contributed by atoms with Crippen molar-refractivity contribution in [2.75, 3.05) is 29.5 Å². The number of hydrogen-bond donors (Lipinski definition) is 1. The number of hydrogen-bond acceptors (Lipinski definition) is 5. The predicted molar refractivity (Wildman–Crippen MR) is 156 cm³/mol. The fourth-order valence-corrected chi connectivity index (χ4v) is 7.12. The summed E-state index contributed by atoms with van der Waals surface area (Å²) in [6.45, 7) is 8.16. The van der Waals surface area contributed by atoms with Crippen molar-refractivity contribution in [3.05, 3.63) is 84.0 Å². The quantitative estimate of drug-likeness (QED) is 0.572. The molecule has 2 aromatic rings. The minimum Gasteiger partial charge on any atom is -0.394 e. The summed E-state index contributed by atoms with van der Waals surface area (Å²) in [6, 6.07) is 13.7. The summed E-state index contributed by atoms with van der Waals surface area (Å²) in [6.07, 6.45) is 6.85. The maximum atomic E-state index is 14.7. The number of benzene rings is 2. The van der Waals surface area contributed by atoms with Crippen molar-refractivity contribution in [1.29, 1.82) is 0 Å². The summed E-state index contributed by atoms with van der Waals surface area (Å²) >= 11 is 0. The predicted octanol–water partition coefficient (Wildman–Crippen LogP) is 3.41. The fourth-order valence-electron chi connectivity index (χ4n) is 7.12. The van der Waals surface area contributed by atoms with Crippen molar-refractivity contribution in [2.24, 2.45) is 17.8 Å². The molecule has 4 aliphatic heterocycles. The third-order valence-corrected chi connectivity index (χ3v) is 9.13. The minimum atomic E-state index is -1.35. The van der Waals surface area contributed by atoms with Gasteiger partial charge in [0.25, 0.3) is 5.91 Å². The van der Waals surface area contributed by atoms with Gasteiger partial charge >= 0.3 is 0 Å².